The Morgan fingerprint density at radius 3 is 2.79 bits per heavy atom. The van der Waals surface area contributed by atoms with E-state index < -0.39 is 11.9 Å². The fourth-order valence-electron chi connectivity index (χ4n) is 3.50. The summed E-state index contributed by atoms with van der Waals surface area (Å²) in [6, 6.07) is 5.12. The van der Waals surface area contributed by atoms with Crippen LogP contribution in [0.4, 0.5) is 0 Å². The number of nitrogens with two attached hydrogens (primary N) is 1. The number of rotatable bonds is 5. The van der Waals surface area contributed by atoms with Crippen molar-refractivity contribution in [2.75, 3.05) is 20.8 Å². The van der Waals surface area contributed by atoms with E-state index in [0.717, 1.165) is 0 Å². The van der Waals surface area contributed by atoms with Crippen molar-refractivity contribution in [3.8, 4) is 23.8 Å². The van der Waals surface area contributed by atoms with Crippen LogP contribution in [0.15, 0.2) is 41.0 Å². The van der Waals surface area contributed by atoms with Crippen LogP contribution < -0.4 is 15.2 Å². The van der Waals surface area contributed by atoms with Gasteiger partial charge in [-0.2, -0.15) is 0 Å². The molecule has 1 heterocycles. The molecule has 1 aliphatic heterocycles. The summed E-state index contributed by atoms with van der Waals surface area (Å²) in [6.07, 6.45) is 6.87. The molecule has 0 radical (unpaired) electrons. The molecule has 7 heteroatoms. The third kappa shape index (κ3) is 3.41. The van der Waals surface area contributed by atoms with Crippen LogP contribution in [0.5, 0.6) is 11.5 Å². The number of ether oxygens (including phenoxy) is 4. The molecule has 146 valence electrons. The van der Waals surface area contributed by atoms with Gasteiger partial charge in [0, 0.05) is 18.4 Å². The van der Waals surface area contributed by atoms with Crippen molar-refractivity contribution in [3.05, 3.63) is 46.6 Å². The summed E-state index contributed by atoms with van der Waals surface area (Å²) in [5.74, 6) is 2.27. The highest BCUT2D eigenvalue weighted by Crippen LogP contribution is 2.45. The van der Waals surface area contributed by atoms with Crippen LogP contribution in [0.1, 0.15) is 30.7 Å². The highest BCUT2D eigenvalue weighted by molar-refractivity contribution is 6.03. The molecule has 0 bridgehead atoms. The van der Waals surface area contributed by atoms with E-state index in [1.54, 1.807) is 18.2 Å². The second kappa shape index (κ2) is 8.09. The molecule has 28 heavy (non-hydrogen) atoms. The maximum Gasteiger partial charge on any atom is 0.340 e. The van der Waals surface area contributed by atoms with Gasteiger partial charge in [0.2, 0.25) is 5.88 Å². The minimum absolute atomic E-state index is 0.0584. The summed E-state index contributed by atoms with van der Waals surface area (Å²) in [4.78, 5) is 25.2. The van der Waals surface area contributed by atoms with Gasteiger partial charge >= 0.3 is 5.97 Å². The lowest BCUT2D eigenvalue weighted by molar-refractivity contribution is -0.136. The van der Waals surface area contributed by atoms with Gasteiger partial charge in [0.25, 0.3) is 0 Å². The number of Topliss-reactive ketones (excluding diaryl/α,β-unsaturated/α-hetero) is 1. The SMILES string of the molecule is C#CCOc1ccc([C@H]2C(C(=O)OC)=C(N)OC3=C2C(=O)CCC3)cc1OC. The van der Waals surface area contributed by atoms with E-state index in [9.17, 15) is 9.59 Å². The van der Waals surface area contributed by atoms with Crippen molar-refractivity contribution in [2.24, 2.45) is 5.73 Å². The lowest BCUT2D eigenvalue weighted by atomic mass is 9.77. The van der Waals surface area contributed by atoms with Crippen LogP contribution in [0, 0.1) is 12.3 Å². The Hall–Kier alpha value is -3.40. The van der Waals surface area contributed by atoms with E-state index in [0.29, 0.717) is 47.7 Å². The van der Waals surface area contributed by atoms with Crippen molar-refractivity contribution in [2.45, 2.75) is 25.2 Å². The first-order valence-electron chi connectivity index (χ1n) is 8.78. The van der Waals surface area contributed by atoms with Crippen molar-refractivity contribution in [1.82, 2.24) is 0 Å². The maximum absolute atomic E-state index is 12.7. The molecule has 2 N–H and O–H groups in total. The Morgan fingerprint density at radius 2 is 2.11 bits per heavy atom. The molecular formula is C21H21NO6. The normalized spacial score (nSPS) is 18.8. The van der Waals surface area contributed by atoms with E-state index in [4.69, 9.17) is 31.1 Å². The molecule has 2 aliphatic rings. The van der Waals surface area contributed by atoms with Gasteiger partial charge < -0.3 is 24.7 Å². The molecule has 0 saturated carbocycles. The Balaban J connectivity index is 2.15. The summed E-state index contributed by atoms with van der Waals surface area (Å²) in [7, 11) is 2.75. The van der Waals surface area contributed by atoms with Gasteiger partial charge in [-0.15, -0.1) is 6.42 Å². The number of carbonyl (C=O) groups excluding carboxylic acids is 2. The van der Waals surface area contributed by atoms with Crippen molar-refractivity contribution in [1.29, 1.82) is 0 Å². The number of carbonyl (C=O) groups is 2. The molecule has 7 nitrogen and oxygen atoms in total. The number of terminal acetylenes is 1. The van der Waals surface area contributed by atoms with Gasteiger partial charge in [0.05, 0.1) is 20.1 Å². The summed E-state index contributed by atoms with van der Waals surface area (Å²) >= 11 is 0. The van der Waals surface area contributed by atoms with E-state index in [1.165, 1.54) is 14.2 Å². The van der Waals surface area contributed by atoms with Crippen LogP contribution in [0.2, 0.25) is 0 Å². The predicted octanol–water partition coefficient (Wildman–Crippen LogP) is 2.17. The molecule has 1 aliphatic carbocycles. The molecule has 0 aromatic heterocycles. The van der Waals surface area contributed by atoms with Crippen LogP contribution in [-0.2, 0) is 19.1 Å². The maximum atomic E-state index is 12.7. The fourth-order valence-corrected chi connectivity index (χ4v) is 3.50. The molecule has 1 atom stereocenters. The van der Waals surface area contributed by atoms with Gasteiger partial charge in [0.15, 0.2) is 17.3 Å². The molecular weight excluding hydrogens is 362 g/mol. The molecule has 0 saturated heterocycles. The minimum atomic E-state index is -0.709. The standard InChI is InChI=1S/C21H21NO6/c1-4-10-27-14-9-8-12(11-16(14)25-2)17-18-13(23)6-5-7-15(18)28-20(22)19(17)21(24)26-3/h1,8-9,11,17H,5-7,10,22H2,2-3H3/t17-/m1/s1. The summed E-state index contributed by atoms with van der Waals surface area (Å²) < 4.78 is 21.4. The van der Waals surface area contributed by atoms with Crippen molar-refractivity contribution >= 4 is 11.8 Å². The first kappa shape index (κ1) is 19.4. The Morgan fingerprint density at radius 1 is 1.32 bits per heavy atom. The lowest BCUT2D eigenvalue weighted by Crippen LogP contribution is -2.31. The summed E-state index contributed by atoms with van der Waals surface area (Å²) in [6.45, 7) is 0.0843. The molecule has 0 fully saturated rings. The second-order valence-corrected chi connectivity index (χ2v) is 6.32. The number of ketones is 1. The largest absolute Gasteiger partial charge is 0.493 e. The minimum Gasteiger partial charge on any atom is -0.493 e. The van der Waals surface area contributed by atoms with Crippen LogP contribution in [0.3, 0.4) is 0 Å². The van der Waals surface area contributed by atoms with Crippen LogP contribution in [-0.4, -0.2) is 32.6 Å². The van der Waals surface area contributed by atoms with E-state index in [-0.39, 0.29) is 23.8 Å². The monoisotopic (exact) mass is 383 g/mol. The zero-order valence-corrected chi connectivity index (χ0v) is 15.7. The average Bonchev–Trinajstić information content (AvgIpc) is 2.70. The quantitative estimate of drug-likeness (QED) is 0.615. The number of hydrogen-bond acceptors (Lipinski definition) is 7. The van der Waals surface area contributed by atoms with E-state index in [2.05, 4.69) is 5.92 Å². The third-order valence-electron chi connectivity index (χ3n) is 4.72. The molecule has 1 aromatic rings. The average molecular weight is 383 g/mol. The van der Waals surface area contributed by atoms with E-state index in [1.807, 2.05) is 0 Å². The molecule has 0 spiro atoms. The highest BCUT2D eigenvalue weighted by Gasteiger charge is 2.41. The first-order valence-corrected chi connectivity index (χ1v) is 8.78. The lowest BCUT2D eigenvalue weighted by Gasteiger charge is -2.32. The number of benzene rings is 1. The van der Waals surface area contributed by atoms with Gasteiger partial charge in [-0.25, -0.2) is 4.79 Å². The molecule has 0 amide bonds. The summed E-state index contributed by atoms with van der Waals surface area (Å²) in [5.41, 5.74) is 7.20. The van der Waals surface area contributed by atoms with Crippen LogP contribution in [0.25, 0.3) is 0 Å². The fraction of sp³-hybridized carbons (Fsp3) is 0.333. The topological polar surface area (TPSA) is 97.1 Å². The van der Waals surface area contributed by atoms with Gasteiger partial charge in [-0.05, 0) is 24.1 Å². The molecule has 1 aromatic carbocycles. The Kier molecular flexibility index (Phi) is 5.59. The number of hydrogen-bond donors (Lipinski definition) is 1. The van der Waals surface area contributed by atoms with Crippen molar-refractivity contribution < 1.29 is 28.5 Å². The number of allylic oxidation sites excluding steroid dienone is 2. The Bertz CT molecular complexity index is 921. The molecule has 0 unspecified atom stereocenters. The molecule has 3 rings (SSSR count). The van der Waals surface area contributed by atoms with Crippen molar-refractivity contribution in [3.63, 3.8) is 0 Å². The third-order valence-corrected chi connectivity index (χ3v) is 4.72. The highest BCUT2D eigenvalue weighted by atomic mass is 16.5. The second-order valence-electron chi connectivity index (χ2n) is 6.32. The zero-order valence-electron chi connectivity index (χ0n) is 15.7. The van der Waals surface area contributed by atoms with Gasteiger partial charge in [-0.1, -0.05) is 12.0 Å². The van der Waals surface area contributed by atoms with Crippen LogP contribution >= 0.6 is 0 Å². The zero-order chi connectivity index (χ0) is 20.3. The predicted molar refractivity (Wildman–Crippen MR) is 100 cm³/mol. The Labute approximate surface area is 163 Å². The first-order chi connectivity index (χ1) is 13.5. The van der Waals surface area contributed by atoms with Gasteiger partial charge in [0.1, 0.15) is 17.9 Å². The summed E-state index contributed by atoms with van der Waals surface area (Å²) in [5, 5.41) is 0. The number of esters is 1. The van der Waals surface area contributed by atoms with Gasteiger partial charge in [-0.3, -0.25) is 4.79 Å². The number of methoxy groups -OCH3 is 2. The smallest absolute Gasteiger partial charge is 0.340 e. The van der Waals surface area contributed by atoms with E-state index >= 15 is 0 Å².